The molecule has 4 nitrogen and oxygen atoms in total. The van der Waals surface area contributed by atoms with E-state index >= 15 is 0 Å². The van der Waals surface area contributed by atoms with Gasteiger partial charge in [0.1, 0.15) is 0 Å². The van der Waals surface area contributed by atoms with Gasteiger partial charge in [-0.15, -0.1) is 0 Å². The fourth-order valence-electron chi connectivity index (χ4n) is 1.89. The van der Waals surface area contributed by atoms with E-state index in [9.17, 15) is 4.79 Å². The first-order valence-electron chi connectivity index (χ1n) is 6.65. The van der Waals surface area contributed by atoms with E-state index in [4.69, 9.17) is 5.26 Å². The highest BCUT2D eigenvalue weighted by Crippen LogP contribution is 2.12. The Morgan fingerprint density at radius 1 is 1.10 bits per heavy atom. The van der Waals surface area contributed by atoms with Gasteiger partial charge in [-0.25, -0.2) is 0 Å². The maximum atomic E-state index is 11.8. The van der Waals surface area contributed by atoms with Crippen LogP contribution in [0.4, 0.5) is 5.69 Å². The van der Waals surface area contributed by atoms with Gasteiger partial charge in [-0.05, 0) is 42.0 Å². The van der Waals surface area contributed by atoms with E-state index in [1.165, 1.54) is 0 Å². The maximum absolute atomic E-state index is 11.8. The highest BCUT2D eigenvalue weighted by atomic mass is 16.2. The molecule has 106 valence electrons. The summed E-state index contributed by atoms with van der Waals surface area (Å²) in [6.07, 6.45) is 0. The number of nitrogens with zero attached hydrogens (tertiary/aromatic N) is 2. The molecule has 0 radical (unpaired) electrons. The largest absolute Gasteiger partial charge is 0.381 e. The number of anilines is 1. The molecule has 1 N–H and O–H groups in total. The highest BCUT2D eigenvalue weighted by molar-refractivity contribution is 5.94. The SMILES string of the molecule is CN(C)C(=O)c1ccc(NCc2ccc(C#N)cc2)cc1. The van der Waals surface area contributed by atoms with Gasteiger partial charge < -0.3 is 10.2 Å². The first-order valence-corrected chi connectivity index (χ1v) is 6.65. The minimum Gasteiger partial charge on any atom is -0.381 e. The maximum Gasteiger partial charge on any atom is 0.253 e. The lowest BCUT2D eigenvalue weighted by Gasteiger charge is -2.11. The van der Waals surface area contributed by atoms with E-state index in [0.717, 1.165) is 11.3 Å². The Hall–Kier alpha value is -2.80. The predicted molar refractivity (Wildman–Crippen MR) is 82.9 cm³/mol. The molecule has 4 heteroatoms. The summed E-state index contributed by atoms with van der Waals surface area (Å²) in [4.78, 5) is 13.3. The summed E-state index contributed by atoms with van der Waals surface area (Å²) in [5, 5.41) is 12.0. The number of hydrogen-bond donors (Lipinski definition) is 1. The van der Waals surface area contributed by atoms with Crippen molar-refractivity contribution in [3.63, 3.8) is 0 Å². The van der Waals surface area contributed by atoms with Gasteiger partial charge in [-0.3, -0.25) is 4.79 Å². The van der Waals surface area contributed by atoms with Gasteiger partial charge in [0.05, 0.1) is 11.6 Å². The Bertz CT molecular complexity index is 652. The van der Waals surface area contributed by atoms with Crippen LogP contribution in [0.3, 0.4) is 0 Å². The first-order chi connectivity index (χ1) is 10.1. The average Bonchev–Trinajstić information content (AvgIpc) is 2.53. The molecule has 1 amide bonds. The lowest BCUT2D eigenvalue weighted by atomic mass is 10.1. The number of hydrogen-bond acceptors (Lipinski definition) is 3. The van der Waals surface area contributed by atoms with Crippen LogP contribution in [0.5, 0.6) is 0 Å². The molecule has 0 aliphatic heterocycles. The van der Waals surface area contributed by atoms with Crippen molar-refractivity contribution in [2.45, 2.75) is 6.54 Å². The second-order valence-corrected chi connectivity index (χ2v) is 4.94. The smallest absolute Gasteiger partial charge is 0.253 e. The molecule has 0 unspecified atom stereocenters. The van der Waals surface area contributed by atoms with Gasteiger partial charge in [-0.2, -0.15) is 5.26 Å². The zero-order valence-corrected chi connectivity index (χ0v) is 12.1. The molecule has 2 aromatic carbocycles. The van der Waals surface area contributed by atoms with Gasteiger partial charge in [0.25, 0.3) is 5.91 Å². The number of rotatable bonds is 4. The Morgan fingerprint density at radius 2 is 1.71 bits per heavy atom. The molecule has 0 aliphatic carbocycles. The molecule has 0 aliphatic rings. The number of benzene rings is 2. The van der Waals surface area contributed by atoms with Crippen LogP contribution < -0.4 is 5.32 Å². The molecular weight excluding hydrogens is 262 g/mol. The molecule has 0 fully saturated rings. The summed E-state index contributed by atoms with van der Waals surface area (Å²) in [7, 11) is 3.47. The molecule has 0 heterocycles. The summed E-state index contributed by atoms with van der Waals surface area (Å²) in [5.74, 6) is -0.00589. The normalized spacial score (nSPS) is 9.76. The highest BCUT2D eigenvalue weighted by Gasteiger charge is 2.06. The quantitative estimate of drug-likeness (QED) is 0.936. The third-order valence-electron chi connectivity index (χ3n) is 3.12. The van der Waals surface area contributed by atoms with Crippen LogP contribution in [0.15, 0.2) is 48.5 Å². The fraction of sp³-hybridized carbons (Fsp3) is 0.176. The van der Waals surface area contributed by atoms with Crippen LogP contribution in [0.2, 0.25) is 0 Å². The zero-order valence-electron chi connectivity index (χ0n) is 12.1. The zero-order chi connectivity index (χ0) is 15.2. The summed E-state index contributed by atoms with van der Waals surface area (Å²) < 4.78 is 0. The minimum absolute atomic E-state index is 0.00589. The van der Waals surface area contributed by atoms with Crippen LogP contribution in [-0.4, -0.2) is 24.9 Å². The molecule has 2 aromatic rings. The molecule has 2 rings (SSSR count). The van der Waals surface area contributed by atoms with Crippen LogP contribution in [0, 0.1) is 11.3 Å². The monoisotopic (exact) mass is 279 g/mol. The second kappa shape index (κ2) is 6.58. The average molecular weight is 279 g/mol. The Morgan fingerprint density at radius 3 is 2.24 bits per heavy atom. The summed E-state index contributed by atoms with van der Waals surface area (Å²) in [6.45, 7) is 0.673. The molecular formula is C17H17N3O. The third-order valence-corrected chi connectivity index (χ3v) is 3.12. The number of amides is 1. The molecule has 0 saturated heterocycles. The van der Waals surface area contributed by atoms with Crippen molar-refractivity contribution in [3.8, 4) is 6.07 Å². The van der Waals surface area contributed by atoms with Crippen molar-refractivity contribution < 1.29 is 4.79 Å². The first kappa shape index (κ1) is 14.6. The molecule has 0 spiro atoms. The van der Waals surface area contributed by atoms with E-state index in [0.29, 0.717) is 17.7 Å². The van der Waals surface area contributed by atoms with Gasteiger partial charge >= 0.3 is 0 Å². The van der Waals surface area contributed by atoms with Crippen molar-refractivity contribution in [1.29, 1.82) is 5.26 Å². The predicted octanol–water partition coefficient (Wildman–Crippen LogP) is 2.87. The number of carbonyl (C=O) groups is 1. The number of nitriles is 1. The summed E-state index contributed by atoms with van der Waals surface area (Å²) in [6, 6.07) is 16.9. The van der Waals surface area contributed by atoms with E-state index in [1.54, 1.807) is 31.1 Å². The second-order valence-electron chi connectivity index (χ2n) is 4.94. The van der Waals surface area contributed by atoms with Gasteiger partial charge in [0.2, 0.25) is 0 Å². The van der Waals surface area contributed by atoms with Crippen LogP contribution in [-0.2, 0) is 6.54 Å². The Labute approximate surface area is 124 Å². The van der Waals surface area contributed by atoms with Gasteiger partial charge in [-0.1, -0.05) is 12.1 Å². The van der Waals surface area contributed by atoms with Crippen molar-refractivity contribution in [2.75, 3.05) is 19.4 Å². The molecule has 0 bridgehead atoms. The van der Waals surface area contributed by atoms with E-state index in [2.05, 4.69) is 11.4 Å². The van der Waals surface area contributed by atoms with Crippen LogP contribution in [0.1, 0.15) is 21.5 Å². The lowest BCUT2D eigenvalue weighted by molar-refractivity contribution is 0.0827. The molecule has 0 saturated carbocycles. The molecule has 0 aromatic heterocycles. The van der Waals surface area contributed by atoms with E-state index < -0.39 is 0 Å². The third kappa shape index (κ3) is 3.83. The minimum atomic E-state index is -0.00589. The van der Waals surface area contributed by atoms with Crippen molar-refractivity contribution in [3.05, 3.63) is 65.2 Å². The lowest BCUT2D eigenvalue weighted by Crippen LogP contribution is -2.21. The Kier molecular flexibility index (Phi) is 4.57. The Balaban J connectivity index is 1.97. The molecule has 0 atom stereocenters. The van der Waals surface area contributed by atoms with Crippen LogP contribution in [0.25, 0.3) is 0 Å². The topological polar surface area (TPSA) is 56.1 Å². The summed E-state index contributed by atoms with van der Waals surface area (Å²) in [5.41, 5.74) is 3.38. The van der Waals surface area contributed by atoms with Crippen LogP contribution >= 0.6 is 0 Å². The standard InChI is InChI=1S/C17H17N3O/c1-20(2)17(21)15-7-9-16(10-8-15)19-12-14-5-3-13(11-18)4-6-14/h3-10,19H,12H2,1-2H3. The fourth-order valence-corrected chi connectivity index (χ4v) is 1.89. The number of nitrogens with one attached hydrogen (secondary N) is 1. The van der Waals surface area contributed by atoms with Crippen molar-refractivity contribution in [1.82, 2.24) is 4.90 Å². The van der Waals surface area contributed by atoms with Crippen molar-refractivity contribution >= 4 is 11.6 Å². The van der Waals surface area contributed by atoms with Gasteiger partial charge in [0.15, 0.2) is 0 Å². The van der Waals surface area contributed by atoms with E-state index in [-0.39, 0.29) is 5.91 Å². The summed E-state index contributed by atoms with van der Waals surface area (Å²) >= 11 is 0. The van der Waals surface area contributed by atoms with Gasteiger partial charge in [0, 0.05) is 31.9 Å². The molecule has 21 heavy (non-hydrogen) atoms. The van der Waals surface area contributed by atoms with Crippen molar-refractivity contribution in [2.24, 2.45) is 0 Å². The van der Waals surface area contributed by atoms with E-state index in [1.807, 2.05) is 36.4 Å². The number of carbonyl (C=O) groups excluding carboxylic acids is 1.